The fourth-order valence-corrected chi connectivity index (χ4v) is 2.23. The van der Waals surface area contributed by atoms with Crippen LogP contribution in [0.2, 0.25) is 0 Å². The molecule has 1 unspecified atom stereocenters. The molecule has 2 aromatic rings. The summed E-state index contributed by atoms with van der Waals surface area (Å²) in [5, 5.41) is 14.7. The summed E-state index contributed by atoms with van der Waals surface area (Å²) in [6.07, 6.45) is 4.25. The van der Waals surface area contributed by atoms with E-state index in [2.05, 4.69) is 18.9 Å². The molecule has 21 heavy (non-hydrogen) atoms. The topological polar surface area (TPSA) is 47.3 Å². The van der Waals surface area contributed by atoms with Crippen LogP contribution in [0.3, 0.4) is 0 Å². The maximum Gasteiger partial charge on any atom is 0.121 e. The molecular weight excluding hydrogens is 264 g/mol. The van der Waals surface area contributed by atoms with Crippen molar-refractivity contribution in [3.63, 3.8) is 0 Å². The van der Waals surface area contributed by atoms with Gasteiger partial charge >= 0.3 is 0 Å². The van der Waals surface area contributed by atoms with Gasteiger partial charge in [0.25, 0.3) is 0 Å². The van der Waals surface area contributed by atoms with Crippen molar-refractivity contribution in [2.24, 2.45) is 0 Å². The van der Waals surface area contributed by atoms with E-state index in [1.54, 1.807) is 6.20 Å². The molecule has 0 radical (unpaired) electrons. The molecule has 114 valence electrons. The molecule has 1 atom stereocenters. The van der Waals surface area contributed by atoms with Crippen LogP contribution in [0.25, 0.3) is 0 Å². The third-order valence-corrected chi connectivity index (χ3v) is 3.43. The predicted octanol–water partition coefficient (Wildman–Crippen LogP) is 3.55. The molecule has 4 nitrogen and oxygen atoms in total. The van der Waals surface area contributed by atoms with Crippen molar-refractivity contribution in [3.05, 3.63) is 47.8 Å². The van der Waals surface area contributed by atoms with Crippen LogP contribution >= 0.6 is 0 Å². The van der Waals surface area contributed by atoms with E-state index in [0.717, 1.165) is 49.4 Å². The van der Waals surface area contributed by atoms with Crippen molar-refractivity contribution in [3.8, 4) is 5.75 Å². The molecule has 0 aliphatic heterocycles. The zero-order chi connectivity index (χ0) is 15.1. The fraction of sp³-hybridized carbons (Fsp3) is 0.471. The van der Waals surface area contributed by atoms with Gasteiger partial charge in [0.05, 0.1) is 12.3 Å². The lowest BCUT2D eigenvalue weighted by Gasteiger charge is -2.14. The highest BCUT2D eigenvalue weighted by atomic mass is 16.5. The Balaban J connectivity index is 2.05. The summed E-state index contributed by atoms with van der Waals surface area (Å²) in [6, 6.07) is 9.51. The minimum Gasteiger partial charge on any atom is -0.494 e. The van der Waals surface area contributed by atoms with E-state index in [1.807, 2.05) is 35.0 Å². The Bertz CT molecular complexity index is 534. The van der Waals surface area contributed by atoms with Gasteiger partial charge < -0.3 is 9.84 Å². The number of rotatable bonds is 8. The Kier molecular flexibility index (Phi) is 5.81. The van der Waals surface area contributed by atoms with Gasteiger partial charge in [-0.25, -0.2) is 0 Å². The molecule has 0 aliphatic carbocycles. The monoisotopic (exact) mass is 288 g/mol. The molecule has 0 saturated heterocycles. The Morgan fingerprint density at radius 1 is 1.14 bits per heavy atom. The van der Waals surface area contributed by atoms with Crippen LogP contribution < -0.4 is 4.74 Å². The average Bonchev–Trinajstić information content (AvgIpc) is 2.96. The second kappa shape index (κ2) is 7.84. The molecule has 0 amide bonds. The van der Waals surface area contributed by atoms with Crippen LogP contribution in [0.1, 0.15) is 50.5 Å². The van der Waals surface area contributed by atoms with E-state index in [4.69, 9.17) is 4.74 Å². The largest absolute Gasteiger partial charge is 0.494 e. The Labute approximate surface area is 126 Å². The number of unbranched alkanes of at least 4 members (excludes halogenated alkanes) is 1. The molecule has 1 N–H and O–H groups in total. The lowest BCUT2D eigenvalue weighted by atomic mass is 10.1. The first-order valence-corrected chi connectivity index (χ1v) is 7.68. The smallest absolute Gasteiger partial charge is 0.121 e. The highest BCUT2D eigenvalue weighted by molar-refractivity contribution is 5.32. The second-order valence-corrected chi connectivity index (χ2v) is 5.15. The Morgan fingerprint density at radius 3 is 2.57 bits per heavy atom. The van der Waals surface area contributed by atoms with E-state index in [1.165, 1.54) is 0 Å². The van der Waals surface area contributed by atoms with Gasteiger partial charge in [-0.2, -0.15) is 5.10 Å². The molecule has 0 bridgehead atoms. The Morgan fingerprint density at radius 2 is 1.90 bits per heavy atom. The lowest BCUT2D eigenvalue weighted by Crippen LogP contribution is -2.10. The van der Waals surface area contributed by atoms with Crippen molar-refractivity contribution in [1.82, 2.24) is 9.78 Å². The summed E-state index contributed by atoms with van der Waals surface area (Å²) >= 11 is 0. The molecule has 2 rings (SSSR count). The van der Waals surface area contributed by atoms with Gasteiger partial charge in [-0.3, -0.25) is 4.68 Å². The Hall–Kier alpha value is -1.81. The second-order valence-electron chi connectivity index (χ2n) is 5.15. The fourth-order valence-electron chi connectivity index (χ4n) is 2.23. The standard InChI is InChI=1S/C17H24N2O2/c1-3-5-13-21-15-8-6-14(7-9-15)17(20)16-10-11-18-19(16)12-4-2/h6-11,17,20H,3-5,12-13H2,1-2H3. The number of aryl methyl sites for hydroxylation is 1. The molecule has 0 fully saturated rings. The maximum absolute atomic E-state index is 10.5. The zero-order valence-corrected chi connectivity index (χ0v) is 12.8. The van der Waals surface area contributed by atoms with Gasteiger partial charge in [-0.05, 0) is 36.6 Å². The van der Waals surface area contributed by atoms with Crippen molar-refractivity contribution in [2.75, 3.05) is 6.61 Å². The van der Waals surface area contributed by atoms with Crippen molar-refractivity contribution >= 4 is 0 Å². The summed E-state index contributed by atoms with van der Waals surface area (Å²) in [6.45, 7) is 5.79. The zero-order valence-electron chi connectivity index (χ0n) is 12.8. The summed E-state index contributed by atoms with van der Waals surface area (Å²) in [5.74, 6) is 0.849. The number of hydrogen-bond donors (Lipinski definition) is 1. The number of aliphatic hydroxyl groups is 1. The number of aliphatic hydroxyl groups excluding tert-OH is 1. The van der Waals surface area contributed by atoms with Crippen molar-refractivity contribution in [2.45, 2.75) is 45.8 Å². The molecule has 0 spiro atoms. The van der Waals surface area contributed by atoms with Gasteiger partial charge in [0, 0.05) is 12.7 Å². The van der Waals surface area contributed by atoms with Crippen LogP contribution in [0.5, 0.6) is 5.75 Å². The van der Waals surface area contributed by atoms with E-state index < -0.39 is 6.10 Å². The number of nitrogens with zero attached hydrogens (tertiary/aromatic N) is 2. The first-order valence-electron chi connectivity index (χ1n) is 7.68. The average molecular weight is 288 g/mol. The quantitative estimate of drug-likeness (QED) is 0.756. The lowest BCUT2D eigenvalue weighted by molar-refractivity contribution is 0.207. The normalized spacial score (nSPS) is 12.3. The molecular formula is C17H24N2O2. The first-order chi connectivity index (χ1) is 10.3. The number of ether oxygens (including phenoxy) is 1. The van der Waals surface area contributed by atoms with Gasteiger partial charge in [0.2, 0.25) is 0 Å². The van der Waals surface area contributed by atoms with Crippen molar-refractivity contribution < 1.29 is 9.84 Å². The minimum atomic E-state index is -0.649. The summed E-state index contributed by atoms with van der Waals surface area (Å²) in [7, 11) is 0. The van der Waals surface area contributed by atoms with E-state index in [-0.39, 0.29) is 0 Å². The van der Waals surface area contributed by atoms with Gasteiger partial charge in [-0.15, -0.1) is 0 Å². The number of benzene rings is 1. The predicted molar refractivity (Wildman–Crippen MR) is 83.4 cm³/mol. The van der Waals surface area contributed by atoms with Crippen LogP contribution in [0.15, 0.2) is 36.5 Å². The number of aromatic nitrogens is 2. The maximum atomic E-state index is 10.5. The van der Waals surface area contributed by atoms with Crippen LogP contribution in [-0.2, 0) is 6.54 Å². The number of hydrogen-bond acceptors (Lipinski definition) is 3. The molecule has 0 saturated carbocycles. The van der Waals surface area contributed by atoms with Gasteiger partial charge in [0.15, 0.2) is 0 Å². The van der Waals surface area contributed by atoms with Crippen LogP contribution in [0, 0.1) is 0 Å². The van der Waals surface area contributed by atoms with Gasteiger partial charge in [0.1, 0.15) is 11.9 Å². The summed E-state index contributed by atoms with van der Waals surface area (Å²) in [5.41, 5.74) is 1.69. The highest BCUT2D eigenvalue weighted by Gasteiger charge is 2.15. The van der Waals surface area contributed by atoms with Gasteiger partial charge in [-0.1, -0.05) is 32.4 Å². The molecule has 4 heteroatoms. The SMILES string of the molecule is CCCCOc1ccc(C(O)c2ccnn2CCC)cc1. The summed E-state index contributed by atoms with van der Waals surface area (Å²) < 4.78 is 7.49. The third kappa shape index (κ3) is 4.08. The first kappa shape index (κ1) is 15.6. The molecule has 1 heterocycles. The summed E-state index contributed by atoms with van der Waals surface area (Å²) in [4.78, 5) is 0. The van der Waals surface area contributed by atoms with E-state index in [0.29, 0.717) is 0 Å². The molecule has 1 aromatic heterocycles. The molecule has 0 aliphatic rings. The van der Waals surface area contributed by atoms with E-state index >= 15 is 0 Å². The van der Waals surface area contributed by atoms with Crippen molar-refractivity contribution in [1.29, 1.82) is 0 Å². The molecule has 1 aromatic carbocycles. The van der Waals surface area contributed by atoms with Crippen LogP contribution in [0.4, 0.5) is 0 Å². The minimum absolute atomic E-state index is 0.649. The van der Waals surface area contributed by atoms with E-state index in [9.17, 15) is 5.11 Å². The highest BCUT2D eigenvalue weighted by Crippen LogP contribution is 2.24. The third-order valence-electron chi connectivity index (χ3n) is 3.43. The van der Waals surface area contributed by atoms with Crippen LogP contribution in [-0.4, -0.2) is 21.5 Å².